The molecule has 16 heavy (non-hydrogen) atoms. The van der Waals surface area contributed by atoms with Gasteiger partial charge in [-0.15, -0.1) is 13.2 Å². The van der Waals surface area contributed by atoms with Gasteiger partial charge in [0.25, 0.3) is 0 Å². The fourth-order valence-corrected chi connectivity index (χ4v) is 1.72. The highest BCUT2D eigenvalue weighted by molar-refractivity contribution is 14.1. The lowest BCUT2D eigenvalue weighted by molar-refractivity contribution is -0.274. The molecule has 90 valence electrons. The minimum atomic E-state index is -4.91. The summed E-state index contributed by atoms with van der Waals surface area (Å²) in [4.78, 5) is 0. The Hall–Kier alpha value is -0.670. The third kappa shape index (κ3) is 3.72. The van der Waals surface area contributed by atoms with Crippen LogP contribution in [0, 0.1) is 3.57 Å². The molecule has 0 atom stereocenters. The molecule has 0 bridgehead atoms. The van der Waals surface area contributed by atoms with E-state index >= 15 is 0 Å². The number of hydrogen-bond acceptors (Lipinski definition) is 1. The van der Waals surface area contributed by atoms with E-state index in [1.54, 1.807) is 0 Å². The van der Waals surface area contributed by atoms with Crippen LogP contribution in [0.25, 0.3) is 0 Å². The first-order chi connectivity index (χ1) is 7.09. The monoisotopic (exact) mass is 356 g/mol. The number of rotatable bonds is 1. The number of halogens is 7. The van der Waals surface area contributed by atoms with Gasteiger partial charge >= 0.3 is 12.5 Å². The van der Waals surface area contributed by atoms with E-state index in [1.165, 1.54) is 22.6 Å². The van der Waals surface area contributed by atoms with Crippen molar-refractivity contribution in [1.29, 1.82) is 0 Å². The van der Waals surface area contributed by atoms with Gasteiger partial charge in [0.1, 0.15) is 5.75 Å². The summed E-state index contributed by atoms with van der Waals surface area (Å²) in [5, 5.41) is 0. The van der Waals surface area contributed by atoms with Crippen LogP contribution in [0.2, 0.25) is 0 Å². The summed E-state index contributed by atoms with van der Waals surface area (Å²) in [6.07, 6.45) is -9.50. The van der Waals surface area contributed by atoms with Crippen LogP contribution < -0.4 is 4.74 Å². The summed E-state index contributed by atoms with van der Waals surface area (Å²) in [6.45, 7) is 0. The molecule has 1 aromatic rings. The quantitative estimate of drug-likeness (QED) is 0.541. The molecule has 1 nitrogen and oxygen atoms in total. The van der Waals surface area contributed by atoms with Gasteiger partial charge in [-0.05, 0) is 40.8 Å². The normalized spacial score (nSPS) is 12.7. The molecule has 0 aromatic heterocycles. The maximum Gasteiger partial charge on any atom is 0.573 e. The lowest BCUT2D eigenvalue weighted by atomic mass is 10.2. The van der Waals surface area contributed by atoms with Crippen molar-refractivity contribution in [3.63, 3.8) is 0 Å². The van der Waals surface area contributed by atoms with E-state index in [2.05, 4.69) is 4.74 Å². The van der Waals surface area contributed by atoms with Crippen molar-refractivity contribution in [3.05, 3.63) is 27.3 Å². The molecule has 0 saturated heterocycles. The Kier molecular flexibility index (Phi) is 3.60. The van der Waals surface area contributed by atoms with Gasteiger partial charge in [-0.3, -0.25) is 0 Å². The number of benzene rings is 1. The number of ether oxygens (including phenoxy) is 1. The van der Waals surface area contributed by atoms with Crippen LogP contribution in [0.1, 0.15) is 5.56 Å². The van der Waals surface area contributed by atoms with Crippen molar-refractivity contribution in [1.82, 2.24) is 0 Å². The van der Waals surface area contributed by atoms with Crippen molar-refractivity contribution < 1.29 is 31.1 Å². The molecule has 0 aliphatic heterocycles. The molecular formula is C8H3F6IO. The molecule has 1 rings (SSSR count). The standard InChI is InChI=1S/C8H3F6IO/c9-7(10,11)5-2-1-4(3-6(5)15)16-8(12,13)14/h1-3H. The summed E-state index contributed by atoms with van der Waals surface area (Å²) in [5.41, 5.74) is -0.998. The molecule has 0 spiro atoms. The SMILES string of the molecule is FC(F)(F)Oc1ccc(C(F)(F)F)c(I)c1. The van der Waals surface area contributed by atoms with Gasteiger partial charge in [0.2, 0.25) is 0 Å². The molecule has 0 saturated carbocycles. The molecule has 0 aliphatic rings. The zero-order valence-corrected chi connectivity index (χ0v) is 9.44. The maximum atomic E-state index is 12.3. The van der Waals surface area contributed by atoms with Crippen LogP contribution in [0.3, 0.4) is 0 Å². The van der Waals surface area contributed by atoms with Crippen LogP contribution in [-0.2, 0) is 6.18 Å². The molecular weight excluding hydrogens is 353 g/mol. The fourth-order valence-electron chi connectivity index (χ4n) is 0.923. The van der Waals surface area contributed by atoms with Gasteiger partial charge in [-0.1, -0.05) is 0 Å². The van der Waals surface area contributed by atoms with E-state index in [1.807, 2.05) is 0 Å². The molecule has 0 fully saturated rings. The maximum absolute atomic E-state index is 12.3. The molecule has 0 radical (unpaired) electrons. The Morgan fingerprint density at radius 1 is 1.00 bits per heavy atom. The molecule has 0 heterocycles. The second-order valence-electron chi connectivity index (χ2n) is 2.69. The molecule has 0 N–H and O–H groups in total. The lowest BCUT2D eigenvalue weighted by Crippen LogP contribution is -2.17. The van der Waals surface area contributed by atoms with E-state index in [0.717, 1.165) is 0 Å². The Morgan fingerprint density at radius 2 is 1.56 bits per heavy atom. The summed E-state index contributed by atoms with van der Waals surface area (Å²) in [6, 6.07) is 1.85. The second-order valence-corrected chi connectivity index (χ2v) is 3.85. The predicted octanol–water partition coefficient (Wildman–Crippen LogP) is 4.21. The van der Waals surface area contributed by atoms with Gasteiger partial charge < -0.3 is 4.74 Å². The summed E-state index contributed by atoms with van der Waals surface area (Å²) in [5.74, 6) is -0.676. The molecule has 0 unspecified atom stereocenters. The van der Waals surface area contributed by atoms with Gasteiger partial charge in [-0.2, -0.15) is 13.2 Å². The fraction of sp³-hybridized carbons (Fsp3) is 0.250. The Balaban J connectivity index is 3.01. The van der Waals surface area contributed by atoms with E-state index in [4.69, 9.17) is 0 Å². The van der Waals surface area contributed by atoms with E-state index in [9.17, 15) is 26.3 Å². The third-order valence-electron chi connectivity index (χ3n) is 1.48. The van der Waals surface area contributed by atoms with Gasteiger partial charge in [-0.25, -0.2) is 0 Å². The topological polar surface area (TPSA) is 9.23 Å². The largest absolute Gasteiger partial charge is 0.573 e. The first-order valence-corrected chi connectivity index (χ1v) is 4.80. The molecule has 1 aromatic carbocycles. The number of alkyl halides is 6. The first kappa shape index (κ1) is 13.4. The van der Waals surface area contributed by atoms with E-state index in [-0.39, 0.29) is 3.57 Å². The third-order valence-corrected chi connectivity index (χ3v) is 2.37. The number of hydrogen-bond donors (Lipinski definition) is 0. The summed E-state index contributed by atoms with van der Waals surface area (Å²) < 4.78 is 75.2. The van der Waals surface area contributed by atoms with Crippen LogP contribution in [0.4, 0.5) is 26.3 Å². The smallest absolute Gasteiger partial charge is 0.406 e. The average Bonchev–Trinajstić information content (AvgIpc) is 1.97. The predicted molar refractivity (Wildman–Crippen MR) is 50.8 cm³/mol. The summed E-state index contributed by atoms with van der Waals surface area (Å²) >= 11 is 1.30. The minimum Gasteiger partial charge on any atom is -0.406 e. The van der Waals surface area contributed by atoms with Crippen LogP contribution >= 0.6 is 22.6 Å². The van der Waals surface area contributed by atoms with Crippen molar-refractivity contribution in [2.24, 2.45) is 0 Å². The average molecular weight is 356 g/mol. The van der Waals surface area contributed by atoms with Crippen molar-refractivity contribution >= 4 is 22.6 Å². The van der Waals surface area contributed by atoms with Crippen molar-refractivity contribution in [3.8, 4) is 5.75 Å². The van der Waals surface area contributed by atoms with E-state index < -0.39 is 23.9 Å². The highest BCUT2D eigenvalue weighted by Gasteiger charge is 2.35. The molecule has 0 aliphatic carbocycles. The van der Waals surface area contributed by atoms with Gasteiger partial charge in [0.05, 0.1) is 5.56 Å². The summed E-state index contributed by atoms with van der Waals surface area (Å²) in [7, 11) is 0. The van der Waals surface area contributed by atoms with Crippen LogP contribution in [0.5, 0.6) is 5.75 Å². The molecule has 8 heteroatoms. The Labute approximate surface area is 99.5 Å². The van der Waals surface area contributed by atoms with Crippen LogP contribution in [0.15, 0.2) is 18.2 Å². The molecule has 0 amide bonds. The van der Waals surface area contributed by atoms with Gasteiger partial charge in [0, 0.05) is 3.57 Å². The van der Waals surface area contributed by atoms with Crippen molar-refractivity contribution in [2.45, 2.75) is 12.5 Å². The van der Waals surface area contributed by atoms with E-state index in [0.29, 0.717) is 18.2 Å². The lowest BCUT2D eigenvalue weighted by Gasteiger charge is -2.12. The van der Waals surface area contributed by atoms with Crippen molar-refractivity contribution in [2.75, 3.05) is 0 Å². The Bertz CT molecular complexity index is 383. The zero-order chi connectivity index (χ0) is 12.6. The Morgan fingerprint density at radius 3 is 1.94 bits per heavy atom. The minimum absolute atomic E-state index is 0.355. The zero-order valence-electron chi connectivity index (χ0n) is 7.29. The first-order valence-electron chi connectivity index (χ1n) is 3.72. The van der Waals surface area contributed by atoms with Gasteiger partial charge in [0.15, 0.2) is 0 Å². The highest BCUT2D eigenvalue weighted by Crippen LogP contribution is 2.35. The highest BCUT2D eigenvalue weighted by atomic mass is 127. The second kappa shape index (κ2) is 4.30. The van der Waals surface area contributed by atoms with Crippen LogP contribution in [-0.4, -0.2) is 6.36 Å².